The molecule has 0 saturated heterocycles. The smallest absolute Gasteiger partial charge is 0.0804 e. The summed E-state index contributed by atoms with van der Waals surface area (Å²) in [5.74, 6) is 0. The molecule has 2 nitrogen and oxygen atoms in total. The Labute approximate surface area is 55.1 Å². The van der Waals surface area contributed by atoms with Gasteiger partial charge in [-0.15, -0.1) is 0 Å². The zero-order chi connectivity index (χ0) is 6.91. The van der Waals surface area contributed by atoms with Gasteiger partial charge in [0.05, 0.1) is 17.6 Å². The largest absolute Gasteiger partial charge is 0.391 e. The SMILES string of the molecule is C[C@]1(C#N)CCCC1O. The minimum atomic E-state index is -0.444. The Hall–Kier alpha value is -0.550. The number of rotatable bonds is 0. The van der Waals surface area contributed by atoms with E-state index >= 15 is 0 Å². The van der Waals surface area contributed by atoms with E-state index < -0.39 is 5.41 Å². The minimum Gasteiger partial charge on any atom is -0.391 e. The summed E-state index contributed by atoms with van der Waals surface area (Å²) in [4.78, 5) is 0. The maximum atomic E-state index is 9.23. The molecule has 0 radical (unpaired) electrons. The second-order valence-corrected chi connectivity index (χ2v) is 2.94. The lowest BCUT2D eigenvalue weighted by Gasteiger charge is -2.17. The molecule has 2 atom stereocenters. The van der Waals surface area contributed by atoms with Crippen LogP contribution >= 0.6 is 0 Å². The maximum absolute atomic E-state index is 9.23. The number of hydrogen-bond donors (Lipinski definition) is 1. The molecule has 0 bridgehead atoms. The summed E-state index contributed by atoms with van der Waals surface area (Å²) >= 11 is 0. The zero-order valence-electron chi connectivity index (χ0n) is 5.59. The quantitative estimate of drug-likeness (QED) is 0.526. The van der Waals surface area contributed by atoms with Crippen LogP contribution in [0.15, 0.2) is 0 Å². The Morgan fingerprint density at radius 3 is 2.67 bits per heavy atom. The molecule has 0 aromatic rings. The van der Waals surface area contributed by atoms with E-state index in [0.29, 0.717) is 0 Å². The monoisotopic (exact) mass is 125 g/mol. The normalized spacial score (nSPS) is 42.6. The predicted molar refractivity (Wildman–Crippen MR) is 33.6 cm³/mol. The van der Waals surface area contributed by atoms with Gasteiger partial charge in [0, 0.05) is 0 Å². The molecule has 0 aromatic carbocycles. The molecule has 0 amide bonds. The number of aliphatic hydroxyl groups is 1. The first kappa shape index (κ1) is 6.57. The van der Waals surface area contributed by atoms with Crippen LogP contribution < -0.4 is 0 Å². The van der Waals surface area contributed by atoms with Gasteiger partial charge in [-0.2, -0.15) is 5.26 Å². The van der Waals surface area contributed by atoms with E-state index in [2.05, 4.69) is 6.07 Å². The molecule has 1 aliphatic carbocycles. The van der Waals surface area contributed by atoms with Gasteiger partial charge in [0.25, 0.3) is 0 Å². The first-order chi connectivity index (χ1) is 4.19. The third kappa shape index (κ3) is 0.927. The Bertz CT molecular complexity index is 149. The van der Waals surface area contributed by atoms with Crippen LogP contribution in [0.5, 0.6) is 0 Å². The fourth-order valence-electron chi connectivity index (χ4n) is 1.28. The third-order valence-electron chi connectivity index (χ3n) is 2.16. The molecule has 1 unspecified atom stereocenters. The Morgan fingerprint density at radius 1 is 1.78 bits per heavy atom. The summed E-state index contributed by atoms with van der Waals surface area (Å²) in [7, 11) is 0. The van der Waals surface area contributed by atoms with Crippen molar-refractivity contribution in [3.8, 4) is 6.07 Å². The first-order valence-corrected chi connectivity index (χ1v) is 3.28. The third-order valence-corrected chi connectivity index (χ3v) is 2.16. The average Bonchev–Trinajstić information content (AvgIpc) is 2.15. The highest BCUT2D eigenvalue weighted by Gasteiger charge is 2.37. The van der Waals surface area contributed by atoms with Crippen molar-refractivity contribution < 1.29 is 5.11 Å². The highest BCUT2D eigenvalue weighted by molar-refractivity contribution is 5.03. The van der Waals surface area contributed by atoms with Crippen molar-refractivity contribution in [3.63, 3.8) is 0 Å². The molecule has 1 saturated carbocycles. The Balaban J connectivity index is 2.70. The zero-order valence-corrected chi connectivity index (χ0v) is 5.59. The van der Waals surface area contributed by atoms with Gasteiger partial charge in [-0.25, -0.2) is 0 Å². The van der Waals surface area contributed by atoms with E-state index in [-0.39, 0.29) is 6.10 Å². The molecule has 0 aliphatic heterocycles. The van der Waals surface area contributed by atoms with Crippen LogP contribution in [0.3, 0.4) is 0 Å². The van der Waals surface area contributed by atoms with Crippen molar-refractivity contribution in [1.82, 2.24) is 0 Å². The molecule has 1 rings (SSSR count). The van der Waals surface area contributed by atoms with Gasteiger partial charge in [-0.1, -0.05) is 0 Å². The van der Waals surface area contributed by atoms with Gasteiger partial charge < -0.3 is 5.11 Å². The van der Waals surface area contributed by atoms with Crippen LogP contribution in [0.25, 0.3) is 0 Å². The van der Waals surface area contributed by atoms with Crippen LogP contribution in [0.4, 0.5) is 0 Å². The predicted octanol–water partition coefficient (Wildman–Crippen LogP) is 1.06. The van der Waals surface area contributed by atoms with Crippen molar-refractivity contribution in [2.24, 2.45) is 5.41 Å². The van der Waals surface area contributed by atoms with Crippen molar-refractivity contribution in [2.75, 3.05) is 0 Å². The van der Waals surface area contributed by atoms with Crippen LogP contribution in [0.2, 0.25) is 0 Å². The lowest BCUT2D eigenvalue weighted by molar-refractivity contribution is 0.103. The van der Waals surface area contributed by atoms with Crippen molar-refractivity contribution in [3.05, 3.63) is 0 Å². The fourth-order valence-corrected chi connectivity index (χ4v) is 1.28. The van der Waals surface area contributed by atoms with Gasteiger partial charge >= 0.3 is 0 Å². The molecule has 50 valence electrons. The lowest BCUT2D eigenvalue weighted by atomic mass is 9.89. The van der Waals surface area contributed by atoms with Crippen LogP contribution in [0, 0.1) is 16.7 Å². The Kier molecular flexibility index (Phi) is 1.46. The maximum Gasteiger partial charge on any atom is 0.0804 e. The van der Waals surface area contributed by atoms with Gasteiger partial charge in [0.1, 0.15) is 0 Å². The Morgan fingerprint density at radius 2 is 2.44 bits per heavy atom. The molecule has 1 fully saturated rings. The molecule has 9 heavy (non-hydrogen) atoms. The van der Waals surface area contributed by atoms with Crippen LogP contribution in [0.1, 0.15) is 26.2 Å². The van der Waals surface area contributed by atoms with E-state index in [1.165, 1.54) is 0 Å². The number of nitrogens with zero attached hydrogens (tertiary/aromatic N) is 1. The van der Waals surface area contributed by atoms with Gasteiger partial charge in [-0.05, 0) is 26.2 Å². The highest BCUT2D eigenvalue weighted by atomic mass is 16.3. The van der Waals surface area contributed by atoms with Gasteiger partial charge in [0.2, 0.25) is 0 Å². The van der Waals surface area contributed by atoms with Crippen LogP contribution in [-0.2, 0) is 0 Å². The van der Waals surface area contributed by atoms with Gasteiger partial charge in [0.15, 0.2) is 0 Å². The highest BCUT2D eigenvalue weighted by Crippen LogP contribution is 2.36. The second-order valence-electron chi connectivity index (χ2n) is 2.94. The molecule has 2 heteroatoms. The van der Waals surface area contributed by atoms with Crippen molar-refractivity contribution in [1.29, 1.82) is 5.26 Å². The van der Waals surface area contributed by atoms with E-state index in [0.717, 1.165) is 19.3 Å². The van der Waals surface area contributed by atoms with E-state index in [1.807, 2.05) is 6.92 Å². The van der Waals surface area contributed by atoms with E-state index in [4.69, 9.17) is 5.26 Å². The summed E-state index contributed by atoms with van der Waals surface area (Å²) in [5, 5.41) is 17.8. The molecule has 1 N–H and O–H groups in total. The van der Waals surface area contributed by atoms with Crippen molar-refractivity contribution in [2.45, 2.75) is 32.3 Å². The second kappa shape index (κ2) is 2.00. The summed E-state index contributed by atoms with van der Waals surface area (Å²) in [6.45, 7) is 1.82. The van der Waals surface area contributed by atoms with Gasteiger partial charge in [-0.3, -0.25) is 0 Å². The van der Waals surface area contributed by atoms with E-state index in [1.54, 1.807) is 0 Å². The van der Waals surface area contributed by atoms with Crippen molar-refractivity contribution >= 4 is 0 Å². The molecule has 0 spiro atoms. The molecule has 0 heterocycles. The number of hydrogen-bond acceptors (Lipinski definition) is 2. The van der Waals surface area contributed by atoms with Crippen LogP contribution in [-0.4, -0.2) is 11.2 Å². The molecule has 1 aliphatic rings. The minimum absolute atomic E-state index is 0.387. The first-order valence-electron chi connectivity index (χ1n) is 3.28. The summed E-state index contributed by atoms with van der Waals surface area (Å²) in [6.07, 6.45) is 2.25. The summed E-state index contributed by atoms with van der Waals surface area (Å²) < 4.78 is 0. The topological polar surface area (TPSA) is 44.0 Å². The van der Waals surface area contributed by atoms with E-state index in [9.17, 15) is 5.11 Å². The average molecular weight is 125 g/mol. The number of nitriles is 1. The standard InChI is InChI=1S/C7H11NO/c1-7(5-8)4-2-3-6(7)9/h6,9H,2-4H2,1H3/t6?,7-/m1/s1. The molecular weight excluding hydrogens is 114 g/mol. The fraction of sp³-hybridized carbons (Fsp3) is 0.857. The summed E-state index contributed by atoms with van der Waals surface area (Å²) in [6, 6.07) is 2.14. The number of aliphatic hydroxyl groups excluding tert-OH is 1. The molecule has 0 aromatic heterocycles. The summed E-state index contributed by atoms with van der Waals surface area (Å²) in [5.41, 5.74) is -0.444. The molecular formula is C7H11NO. The lowest BCUT2D eigenvalue weighted by Crippen LogP contribution is -2.23.